The summed E-state index contributed by atoms with van der Waals surface area (Å²) in [6, 6.07) is 20.0. The number of ether oxygens (including phenoxy) is 1. The molecule has 5 nitrogen and oxygen atoms in total. The van der Waals surface area contributed by atoms with Gasteiger partial charge in [0.25, 0.3) is 5.91 Å². The fourth-order valence-corrected chi connectivity index (χ4v) is 2.85. The van der Waals surface area contributed by atoms with Gasteiger partial charge >= 0.3 is 0 Å². The maximum absolute atomic E-state index is 12.5. The van der Waals surface area contributed by atoms with E-state index >= 15 is 0 Å². The molecular formula is C23H23NO4. The Hall–Kier alpha value is -3.34. The summed E-state index contributed by atoms with van der Waals surface area (Å²) < 4.78 is 11.3. The van der Waals surface area contributed by atoms with Crippen LogP contribution in [0.4, 0.5) is 0 Å². The van der Waals surface area contributed by atoms with Crippen LogP contribution < -0.4 is 10.1 Å². The van der Waals surface area contributed by atoms with Gasteiger partial charge in [-0.1, -0.05) is 37.3 Å². The number of hydrogen-bond donors (Lipinski definition) is 1. The molecule has 0 bridgehead atoms. The van der Waals surface area contributed by atoms with Gasteiger partial charge in [-0.05, 0) is 55.3 Å². The quantitative estimate of drug-likeness (QED) is 0.565. The lowest BCUT2D eigenvalue weighted by atomic mass is 10.0. The molecule has 1 aromatic heterocycles. The zero-order valence-corrected chi connectivity index (χ0v) is 16.0. The zero-order chi connectivity index (χ0) is 19.9. The summed E-state index contributed by atoms with van der Waals surface area (Å²) in [6.45, 7) is 3.74. The van der Waals surface area contributed by atoms with Crippen molar-refractivity contribution >= 4 is 11.7 Å². The molecule has 0 aliphatic heterocycles. The van der Waals surface area contributed by atoms with Crippen molar-refractivity contribution in [3.63, 3.8) is 0 Å². The first-order valence-electron chi connectivity index (χ1n) is 9.25. The standard InChI is InChI=1S/C23H23NO4/c1-3-21(18-7-5-4-6-8-18)24-23(26)22-14-13-20(28-22)15-27-19-11-9-17(10-12-19)16(2)25/h4-14,21H,3,15H2,1-2H3,(H,24,26). The fraction of sp³-hybridized carbons (Fsp3) is 0.217. The summed E-state index contributed by atoms with van der Waals surface area (Å²) in [5, 5.41) is 3.00. The van der Waals surface area contributed by atoms with Crippen LogP contribution in [0.25, 0.3) is 0 Å². The monoisotopic (exact) mass is 377 g/mol. The molecule has 0 radical (unpaired) electrons. The number of carbonyl (C=O) groups is 2. The highest BCUT2D eigenvalue weighted by Gasteiger charge is 2.17. The van der Waals surface area contributed by atoms with E-state index in [1.54, 1.807) is 36.4 Å². The first-order valence-corrected chi connectivity index (χ1v) is 9.25. The van der Waals surface area contributed by atoms with E-state index in [4.69, 9.17) is 9.15 Å². The van der Waals surface area contributed by atoms with Crippen molar-refractivity contribution in [1.82, 2.24) is 5.32 Å². The SMILES string of the molecule is CCC(NC(=O)c1ccc(COc2ccc(C(C)=O)cc2)o1)c1ccccc1. The van der Waals surface area contributed by atoms with Crippen LogP contribution in [0.1, 0.15) is 58.5 Å². The molecule has 1 atom stereocenters. The summed E-state index contributed by atoms with van der Waals surface area (Å²) in [6.07, 6.45) is 0.780. The third-order valence-corrected chi connectivity index (χ3v) is 4.44. The van der Waals surface area contributed by atoms with Gasteiger partial charge in [0.15, 0.2) is 11.5 Å². The van der Waals surface area contributed by atoms with Crippen molar-refractivity contribution in [3.05, 3.63) is 89.4 Å². The van der Waals surface area contributed by atoms with Crippen LogP contribution in [0, 0.1) is 0 Å². The lowest BCUT2D eigenvalue weighted by molar-refractivity contribution is 0.0903. The Morgan fingerprint density at radius 2 is 1.71 bits per heavy atom. The van der Waals surface area contributed by atoms with Crippen LogP contribution in [0.3, 0.4) is 0 Å². The van der Waals surface area contributed by atoms with Crippen molar-refractivity contribution in [3.8, 4) is 5.75 Å². The number of rotatable bonds is 8. The summed E-state index contributed by atoms with van der Waals surface area (Å²) in [5.41, 5.74) is 1.69. The second-order valence-electron chi connectivity index (χ2n) is 6.48. The van der Waals surface area contributed by atoms with Crippen molar-refractivity contribution in [2.75, 3.05) is 0 Å². The highest BCUT2D eigenvalue weighted by Crippen LogP contribution is 2.19. The number of carbonyl (C=O) groups excluding carboxylic acids is 2. The minimum atomic E-state index is -0.257. The number of ketones is 1. The van der Waals surface area contributed by atoms with Gasteiger partial charge in [0.1, 0.15) is 18.1 Å². The average molecular weight is 377 g/mol. The molecule has 0 saturated carbocycles. The molecular weight excluding hydrogens is 354 g/mol. The first kappa shape index (κ1) is 19.4. The smallest absolute Gasteiger partial charge is 0.287 e. The van der Waals surface area contributed by atoms with Crippen molar-refractivity contribution in [2.45, 2.75) is 32.9 Å². The van der Waals surface area contributed by atoms with E-state index in [0.29, 0.717) is 17.1 Å². The molecule has 28 heavy (non-hydrogen) atoms. The second kappa shape index (κ2) is 9.04. The summed E-state index contributed by atoms with van der Waals surface area (Å²) in [5.74, 6) is 1.18. The molecule has 2 aromatic carbocycles. The maximum Gasteiger partial charge on any atom is 0.287 e. The number of furan rings is 1. The molecule has 3 rings (SSSR count). The largest absolute Gasteiger partial charge is 0.486 e. The molecule has 5 heteroatoms. The lowest BCUT2D eigenvalue weighted by Crippen LogP contribution is -2.27. The molecule has 0 spiro atoms. The number of benzene rings is 2. The van der Waals surface area contributed by atoms with Crippen LogP contribution in [0.15, 0.2) is 71.1 Å². The van der Waals surface area contributed by atoms with Crippen molar-refractivity contribution < 1.29 is 18.7 Å². The molecule has 144 valence electrons. The summed E-state index contributed by atoms with van der Waals surface area (Å²) in [7, 11) is 0. The van der Waals surface area contributed by atoms with Gasteiger partial charge in [0.05, 0.1) is 6.04 Å². The van der Waals surface area contributed by atoms with E-state index in [0.717, 1.165) is 12.0 Å². The van der Waals surface area contributed by atoms with E-state index in [-0.39, 0.29) is 30.1 Å². The van der Waals surface area contributed by atoms with Gasteiger partial charge in [-0.3, -0.25) is 9.59 Å². The van der Waals surface area contributed by atoms with Crippen LogP contribution in [-0.4, -0.2) is 11.7 Å². The van der Waals surface area contributed by atoms with Crippen molar-refractivity contribution in [2.24, 2.45) is 0 Å². The number of amides is 1. The summed E-state index contributed by atoms with van der Waals surface area (Å²) >= 11 is 0. The lowest BCUT2D eigenvalue weighted by Gasteiger charge is -2.16. The van der Waals surface area contributed by atoms with Gasteiger partial charge in [-0.15, -0.1) is 0 Å². The summed E-state index contributed by atoms with van der Waals surface area (Å²) in [4.78, 5) is 23.8. The number of Topliss-reactive ketones (excluding diaryl/α,β-unsaturated/α-hetero) is 1. The van der Waals surface area contributed by atoms with E-state index in [1.807, 2.05) is 37.3 Å². The van der Waals surface area contributed by atoms with Gasteiger partial charge in [-0.25, -0.2) is 0 Å². The fourth-order valence-electron chi connectivity index (χ4n) is 2.85. The Bertz CT molecular complexity index is 929. The van der Waals surface area contributed by atoms with E-state index < -0.39 is 0 Å². The molecule has 1 N–H and O–H groups in total. The number of hydrogen-bond acceptors (Lipinski definition) is 4. The minimum Gasteiger partial charge on any atom is -0.486 e. The molecule has 1 amide bonds. The Labute approximate surface area is 164 Å². The normalized spacial score (nSPS) is 11.6. The van der Waals surface area contributed by atoms with Gasteiger partial charge in [0.2, 0.25) is 0 Å². The van der Waals surface area contributed by atoms with Gasteiger partial charge in [0, 0.05) is 5.56 Å². The van der Waals surface area contributed by atoms with Gasteiger partial charge in [-0.2, -0.15) is 0 Å². The Kier molecular flexibility index (Phi) is 6.27. The van der Waals surface area contributed by atoms with E-state index in [9.17, 15) is 9.59 Å². The predicted molar refractivity (Wildman–Crippen MR) is 106 cm³/mol. The predicted octanol–water partition coefficient (Wildman–Crippen LogP) is 4.94. The highest BCUT2D eigenvalue weighted by atomic mass is 16.5. The molecule has 0 fully saturated rings. The third-order valence-electron chi connectivity index (χ3n) is 4.44. The van der Waals surface area contributed by atoms with Crippen molar-refractivity contribution in [1.29, 1.82) is 0 Å². The Morgan fingerprint density at radius 3 is 2.36 bits per heavy atom. The van der Waals surface area contributed by atoms with Gasteiger partial charge < -0.3 is 14.5 Å². The molecule has 1 heterocycles. The molecule has 3 aromatic rings. The topological polar surface area (TPSA) is 68.5 Å². The molecule has 0 aliphatic rings. The van der Waals surface area contributed by atoms with Crippen LogP contribution in [0.2, 0.25) is 0 Å². The zero-order valence-electron chi connectivity index (χ0n) is 16.0. The minimum absolute atomic E-state index is 0.00845. The third kappa shape index (κ3) is 4.88. The molecule has 1 unspecified atom stereocenters. The number of nitrogens with one attached hydrogen (secondary N) is 1. The van der Waals surface area contributed by atoms with Crippen LogP contribution in [-0.2, 0) is 6.61 Å². The Balaban J connectivity index is 1.58. The first-order chi connectivity index (χ1) is 13.6. The average Bonchev–Trinajstić information content (AvgIpc) is 3.20. The maximum atomic E-state index is 12.5. The molecule has 0 saturated heterocycles. The molecule has 0 aliphatic carbocycles. The van der Waals surface area contributed by atoms with Crippen LogP contribution >= 0.6 is 0 Å². The van der Waals surface area contributed by atoms with Crippen LogP contribution in [0.5, 0.6) is 5.75 Å². The van der Waals surface area contributed by atoms with E-state index in [1.165, 1.54) is 6.92 Å². The van der Waals surface area contributed by atoms with E-state index in [2.05, 4.69) is 5.32 Å². The second-order valence-corrected chi connectivity index (χ2v) is 6.48. The highest BCUT2D eigenvalue weighted by molar-refractivity contribution is 5.94. The Morgan fingerprint density at radius 1 is 1.00 bits per heavy atom.